The molecule has 1 aliphatic carbocycles. The van der Waals surface area contributed by atoms with Gasteiger partial charge in [0.15, 0.2) is 0 Å². The highest BCUT2D eigenvalue weighted by molar-refractivity contribution is 6.47. The maximum absolute atomic E-state index is 11.4. The largest absolute Gasteiger partial charge is 0.465 e. The van der Waals surface area contributed by atoms with Crippen LogP contribution in [0.15, 0.2) is 18.2 Å². The van der Waals surface area contributed by atoms with Crippen molar-refractivity contribution in [2.24, 2.45) is 0 Å². The van der Waals surface area contributed by atoms with Gasteiger partial charge >= 0.3 is 5.97 Å². The molecule has 0 spiro atoms. The van der Waals surface area contributed by atoms with Gasteiger partial charge in [0, 0.05) is 12.0 Å². The second kappa shape index (κ2) is 3.31. The van der Waals surface area contributed by atoms with Crippen molar-refractivity contribution in [1.82, 2.24) is 0 Å². The van der Waals surface area contributed by atoms with Crippen LogP contribution in [0.4, 0.5) is 0 Å². The van der Waals surface area contributed by atoms with Crippen molar-refractivity contribution in [3.05, 3.63) is 34.9 Å². The van der Waals surface area contributed by atoms with Gasteiger partial charge < -0.3 is 4.74 Å². The summed E-state index contributed by atoms with van der Waals surface area (Å²) in [7, 11) is 1.26. The number of Topliss-reactive ketones (excluding diaryl/α,β-unsaturated/α-hetero) is 2. The van der Waals surface area contributed by atoms with Crippen LogP contribution in [0.5, 0.6) is 0 Å². The van der Waals surface area contributed by atoms with E-state index in [0.717, 1.165) is 0 Å². The average Bonchev–Trinajstić information content (AvgIpc) is 2.54. The molecule has 1 aliphatic rings. The van der Waals surface area contributed by atoms with E-state index in [1.54, 1.807) is 18.2 Å². The summed E-state index contributed by atoms with van der Waals surface area (Å²) in [6.07, 6.45) is -0.000556. The number of ether oxygens (including phenoxy) is 1. The van der Waals surface area contributed by atoms with Crippen LogP contribution in [0.25, 0.3) is 0 Å². The molecule has 4 nitrogen and oxygen atoms in total. The molecule has 1 aromatic carbocycles. The molecule has 76 valence electrons. The minimum absolute atomic E-state index is 0.000556. The first-order chi connectivity index (χ1) is 7.15. The zero-order valence-corrected chi connectivity index (χ0v) is 8.07. The van der Waals surface area contributed by atoms with Crippen LogP contribution >= 0.6 is 0 Å². The van der Waals surface area contributed by atoms with E-state index in [9.17, 15) is 14.4 Å². The van der Waals surface area contributed by atoms with E-state index in [0.29, 0.717) is 16.7 Å². The fourth-order valence-corrected chi connectivity index (χ4v) is 1.68. The third kappa shape index (κ3) is 1.34. The minimum atomic E-state index is -0.519. The van der Waals surface area contributed by atoms with E-state index in [1.807, 2.05) is 0 Å². The smallest absolute Gasteiger partial charge is 0.338 e. The first-order valence-electron chi connectivity index (χ1n) is 4.43. The minimum Gasteiger partial charge on any atom is -0.465 e. The highest BCUT2D eigenvalue weighted by Crippen LogP contribution is 2.23. The quantitative estimate of drug-likeness (QED) is 0.501. The SMILES string of the molecule is COC(=O)c1cccc2c1CC(=O)C2=O. The molecule has 0 atom stereocenters. The maximum Gasteiger partial charge on any atom is 0.338 e. The van der Waals surface area contributed by atoms with E-state index < -0.39 is 17.5 Å². The van der Waals surface area contributed by atoms with E-state index in [4.69, 9.17) is 0 Å². The van der Waals surface area contributed by atoms with Crippen LogP contribution in [0.2, 0.25) is 0 Å². The maximum atomic E-state index is 11.4. The Morgan fingerprint density at radius 3 is 2.73 bits per heavy atom. The van der Waals surface area contributed by atoms with Crippen LogP contribution in [0, 0.1) is 0 Å². The molecule has 0 N–H and O–H groups in total. The second-order valence-corrected chi connectivity index (χ2v) is 3.25. The third-order valence-corrected chi connectivity index (χ3v) is 2.42. The van der Waals surface area contributed by atoms with Gasteiger partial charge in [0.05, 0.1) is 12.7 Å². The fourth-order valence-electron chi connectivity index (χ4n) is 1.68. The van der Waals surface area contributed by atoms with E-state index >= 15 is 0 Å². The molecule has 1 aromatic rings. The lowest BCUT2D eigenvalue weighted by molar-refractivity contribution is -0.114. The number of ketones is 2. The van der Waals surface area contributed by atoms with Gasteiger partial charge in [-0.3, -0.25) is 9.59 Å². The molecule has 0 radical (unpaired) electrons. The predicted molar refractivity (Wildman–Crippen MR) is 50.8 cm³/mol. The van der Waals surface area contributed by atoms with E-state index in [-0.39, 0.29) is 6.42 Å². The molecule has 4 heteroatoms. The standard InChI is InChI=1S/C11H8O4/c1-15-11(14)7-4-2-3-6-8(7)5-9(12)10(6)13/h2-4H,5H2,1H3. The Kier molecular flexibility index (Phi) is 2.11. The first-order valence-corrected chi connectivity index (χ1v) is 4.43. The Balaban J connectivity index is 2.59. The highest BCUT2D eigenvalue weighted by Gasteiger charge is 2.31. The van der Waals surface area contributed by atoms with Crippen LogP contribution < -0.4 is 0 Å². The summed E-state index contributed by atoms with van der Waals surface area (Å²) < 4.78 is 4.57. The first kappa shape index (κ1) is 9.58. The number of carbonyl (C=O) groups is 3. The van der Waals surface area contributed by atoms with Gasteiger partial charge in [-0.1, -0.05) is 12.1 Å². The van der Waals surface area contributed by atoms with E-state index in [1.165, 1.54) is 7.11 Å². The summed E-state index contributed by atoms with van der Waals surface area (Å²) in [6.45, 7) is 0. The summed E-state index contributed by atoms with van der Waals surface area (Å²) >= 11 is 0. The zero-order valence-electron chi connectivity index (χ0n) is 8.07. The van der Waals surface area contributed by atoms with Gasteiger partial charge in [-0.2, -0.15) is 0 Å². The van der Waals surface area contributed by atoms with Crippen LogP contribution in [0.1, 0.15) is 26.3 Å². The van der Waals surface area contributed by atoms with Crippen molar-refractivity contribution < 1.29 is 19.1 Å². The molecule has 0 saturated heterocycles. The Hall–Kier alpha value is -1.97. The normalized spacial score (nSPS) is 13.9. The van der Waals surface area contributed by atoms with Gasteiger partial charge in [-0.25, -0.2) is 4.79 Å². The molecule has 2 rings (SSSR count). The van der Waals surface area contributed by atoms with Gasteiger partial charge in [0.1, 0.15) is 0 Å². The van der Waals surface area contributed by atoms with Gasteiger partial charge in [-0.15, -0.1) is 0 Å². The van der Waals surface area contributed by atoms with Crippen molar-refractivity contribution in [2.45, 2.75) is 6.42 Å². The molecule has 0 aliphatic heterocycles. The average molecular weight is 204 g/mol. The molecule has 15 heavy (non-hydrogen) atoms. The predicted octanol–water partition coefficient (Wildman–Crippen LogP) is 0.781. The number of hydrogen-bond donors (Lipinski definition) is 0. The Labute approximate surface area is 85.8 Å². The van der Waals surface area contributed by atoms with Gasteiger partial charge in [-0.05, 0) is 11.6 Å². The second-order valence-electron chi connectivity index (χ2n) is 3.25. The molecular weight excluding hydrogens is 196 g/mol. The number of carbonyl (C=O) groups excluding carboxylic acids is 3. The van der Waals surface area contributed by atoms with Crippen LogP contribution in [-0.2, 0) is 16.0 Å². The summed E-state index contributed by atoms with van der Waals surface area (Å²) in [4.78, 5) is 33.9. The molecule has 0 bridgehead atoms. The van der Waals surface area contributed by atoms with Crippen molar-refractivity contribution in [3.63, 3.8) is 0 Å². The van der Waals surface area contributed by atoms with Gasteiger partial charge in [0.2, 0.25) is 11.6 Å². The number of methoxy groups -OCH3 is 1. The van der Waals surface area contributed by atoms with Crippen molar-refractivity contribution in [2.75, 3.05) is 7.11 Å². The van der Waals surface area contributed by atoms with Crippen molar-refractivity contribution in [1.29, 1.82) is 0 Å². The Bertz CT molecular complexity index is 473. The van der Waals surface area contributed by atoms with Crippen LogP contribution in [0.3, 0.4) is 0 Å². The number of hydrogen-bond acceptors (Lipinski definition) is 4. The van der Waals surface area contributed by atoms with Gasteiger partial charge in [0.25, 0.3) is 0 Å². The Morgan fingerprint density at radius 2 is 2.07 bits per heavy atom. The molecule has 0 amide bonds. The molecule has 0 saturated carbocycles. The lowest BCUT2D eigenvalue weighted by Crippen LogP contribution is -2.05. The molecule has 0 aromatic heterocycles. The lowest BCUT2D eigenvalue weighted by atomic mass is 10.0. The number of rotatable bonds is 1. The topological polar surface area (TPSA) is 60.4 Å². The fraction of sp³-hybridized carbons (Fsp3) is 0.182. The summed E-state index contributed by atoms with van der Waals surface area (Å²) in [6, 6.07) is 4.67. The van der Waals surface area contributed by atoms with Crippen molar-refractivity contribution in [3.8, 4) is 0 Å². The van der Waals surface area contributed by atoms with Crippen molar-refractivity contribution >= 4 is 17.5 Å². The molecule has 0 unspecified atom stereocenters. The number of benzene rings is 1. The Morgan fingerprint density at radius 1 is 1.33 bits per heavy atom. The van der Waals surface area contributed by atoms with Crippen LogP contribution in [-0.4, -0.2) is 24.6 Å². The molecule has 0 heterocycles. The molecular formula is C11H8O4. The third-order valence-electron chi connectivity index (χ3n) is 2.42. The number of fused-ring (bicyclic) bond motifs is 1. The van der Waals surface area contributed by atoms with E-state index in [2.05, 4.69) is 4.74 Å². The molecule has 0 fully saturated rings. The summed E-state index contributed by atoms with van der Waals surface area (Å²) in [5, 5.41) is 0. The lowest BCUT2D eigenvalue weighted by Gasteiger charge is -2.03. The summed E-state index contributed by atoms with van der Waals surface area (Å²) in [5.74, 6) is -1.51. The number of esters is 1. The monoisotopic (exact) mass is 204 g/mol. The zero-order chi connectivity index (χ0) is 11.0. The highest BCUT2D eigenvalue weighted by atomic mass is 16.5. The summed E-state index contributed by atoms with van der Waals surface area (Å²) in [5.41, 5.74) is 1.11.